The summed E-state index contributed by atoms with van der Waals surface area (Å²) in [7, 11) is 0. The largest absolute Gasteiger partial charge is 0.442 e. The first-order valence-electron chi connectivity index (χ1n) is 10.6. The van der Waals surface area contributed by atoms with E-state index in [0.29, 0.717) is 30.3 Å². The van der Waals surface area contributed by atoms with Crippen LogP contribution in [0.25, 0.3) is 11.1 Å². The van der Waals surface area contributed by atoms with Gasteiger partial charge in [0, 0.05) is 35.8 Å². The van der Waals surface area contributed by atoms with Crippen LogP contribution in [-0.2, 0) is 16.0 Å². The van der Waals surface area contributed by atoms with Crippen LogP contribution in [0, 0.1) is 23.5 Å². The van der Waals surface area contributed by atoms with Crippen molar-refractivity contribution in [3.05, 3.63) is 60.2 Å². The highest BCUT2D eigenvalue weighted by Crippen LogP contribution is 2.53. The Kier molecular flexibility index (Phi) is 4.63. The molecule has 1 amide bonds. The second kappa shape index (κ2) is 7.56. The van der Waals surface area contributed by atoms with Crippen LogP contribution in [0.1, 0.15) is 11.8 Å². The number of halogens is 2. The minimum atomic E-state index is -0.798. The highest BCUT2D eigenvalue weighted by Gasteiger charge is 2.58. The molecule has 33 heavy (non-hydrogen) atoms. The minimum absolute atomic E-state index is 0.0811. The summed E-state index contributed by atoms with van der Waals surface area (Å²) < 4.78 is 42.5. The van der Waals surface area contributed by atoms with E-state index in [1.165, 1.54) is 22.0 Å². The molecule has 2 aromatic heterocycles. The first kappa shape index (κ1) is 20.2. The average molecular weight is 454 g/mol. The Labute approximate surface area is 187 Å². The van der Waals surface area contributed by atoms with Crippen LogP contribution in [-0.4, -0.2) is 51.4 Å². The number of aromatic nitrogens is 4. The Morgan fingerprint density at radius 2 is 2.03 bits per heavy atom. The van der Waals surface area contributed by atoms with Gasteiger partial charge in [-0.25, -0.2) is 18.3 Å². The fourth-order valence-corrected chi connectivity index (χ4v) is 4.76. The summed E-state index contributed by atoms with van der Waals surface area (Å²) in [6, 6.07) is 5.71. The van der Waals surface area contributed by atoms with Crippen LogP contribution in [0.5, 0.6) is 0 Å². The topological polar surface area (TPSA) is 108 Å². The molecular formula is C22H20F2N6O3. The number of carbonyl (C=O) groups is 1. The summed E-state index contributed by atoms with van der Waals surface area (Å²) in [6.07, 6.45) is 3.21. The van der Waals surface area contributed by atoms with Gasteiger partial charge in [-0.05, 0) is 18.2 Å². The lowest BCUT2D eigenvalue weighted by molar-refractivity contribution is 0.0725. The summed E-state index contributed by atoms with van der Waals surface area (Å²) in [5.41, 5.74) is 6.90. The number of cyclic esters (lactones) is 1. The molecule has 0 spiro atoms. The number of anilines is 1. The standard InChI is InChI=1S/C22H20F2N6O3/c23-15-5-12(30-9-13(33-22(30)31)8-29-4-3-27-28-29)6-16(24)18(15)11-1-2-17(26-7-11)21-19-14(10-32-21)20(19)25/h1-7,13-14,19-21H,8-10,25H2/t13-,14+,19-,20+,21?/m0/s1. The van der Waals surface area contributed by atoms with Gasteiger partial charge in [0.15, 0.2) is 0 Å². The van der Waals surface area contributed by atoms with Gasteiger partial charge in [0.05, 0.1) is 42.8 Å². The number of pyridine rings is 1. The van der Waals surface area contributed by atoms with Crippen molar-refractivity contribution in [3.63, 3.8) is 0 Å². The van der Waals surface area contributed by atoms with Crippen LogP contribution in [0.2, 0.25) is 0 Å². The fourth-order valence-electron chi connectivity index (χ4n) is 4.76. The van der Waals surface area contributed by atoms with Crippen LogP contribution < -0.4 is 10.6 Å². The van der Waals surface area contributed by atoms with Crippen molar-refractivity contribution >= 4 is 11.8 Å². The average Bonchev–Trinajstić information content (AvgIpc) is 3.28. The molecule has 2 aliphatic heterocycles. The van der Waals surface area contributed by atoms with E-state index in [2.05, 4.69) is 15.3 Å². The van der Waals surface area contributed by atoms with E-state index < -0.39 is 23.8 Å². The lowest BCUT2D eigenvalue weighted by Crippen LogP contribution is -2.26. The first-order valence-corrected chi connectivity index (χ1v) is 10.6. The van der Waals surface area contributed by atoms with Crippen LogP contribution in [0.15, 0.2) is 42.9 Å². The first-order chi connectivity index (χ1) is 16.0. The van der Waals surface area contributed by atoms with E-state index in [-0.39, 0.29) is 35.9 Å². The van der Waals surface area contributed by atoms with Gasteiger partial charge in [0.1, 0.15) is 23.8 Å². The summed E-state index contributed by atoms with van der Waals surface area (Å²) in [4.78, 5) is 17.9. The molecule has 3 aromatic rings. The Morgan fingerprint density at radius 3 is 2.67 bits per heavy atom. The molecule has 2 saturated heterocycles. The van der Waals surface area contributed by atoms with Gasteiger partial charge in [0.25, 0.3) is 0 Å². The molecule has 2 N–H and O–H groups in total. The van der Waals surface area contributed by atoms with Gasteiger partial charge in [-0.1, -0.05) is 11.3 Å². The number of carbonyl (C=O) groups excluding carboxylic acids is 1. The Bertz CT molecular complexity index is 1180. The normalized spacial score (nSPS) is 28.2. The summed E-state index contributed by atoms with van der Waals surface area (Å²) in [5.74, 6) is -0.973. The molecule has 0 radical (unpaired) electrons. The third-order valence-electron chi connectivity index (χ3n) is 6.55. The molecule has 6 rings (SSSR count). The summed E-state index contributed by atoms with van der Waals surface area (Å²) >= 11 is 0. The molecule has 11 heteroatoms. The van der Waals surface area contributed by atoms with Crippen LogP contribution in [0.3, 0.4) is 0 Å². The highest BCUT2D eigenvalue weighted by atomic mass is 19.1. The van der Waals surface area contributed by atoms with E-state index in [9.17, 15) is 13.6 Å². The van der Waals surface area contributed by atoms with Crippen molar-refractivity contribution in [1.29, 1.82) is 0 Å². The maximum absolute atomic E-state index is 15.0. The number of ether oxygens (including phenoxy) is 2. The lowest BCUT2D eigenvalue weighted by atomic mass is 10.0. The molecule has 1 aliphatic carbocycles. The number of fused-ring (bicyclic) bond motifs is 1. The molecule has 3 fully saturated rings. The third kappa shape index (κ3) is 3.44. The van der Waals surface area contributed by atoms with Crippen molar-refractivity contribution in [2.45, 2.75) is 24.8 Å². The quantitative estimate of drug-likeness (QED) is 0.630. The molecular weight excluding hydrogens is 434 g/mol. The predicted octanol–water partition coefficient (Wildman–Crippen LogP) is 2.29. The molecule has 3 aliphatic rings. The number of amides is 1. The van der Waals surface area contributed by atoms with Gasteiger partial charge < -0.3 is 15.2 Å². The lowest BCUT2D eigenvalue weighted by Gasteiger charge is -2.16. The van der Waals surface area contributed by atoms with Gasteiger partial charge in [0.2, 0.25) is 0 Å². The molecule has 170 valence electrons. The van der Waals surface area contributed by atoms with Crippen molar-refractivity contribution in [2.24, 2.45) is 17.6 Å². The van der Waals surface area contributed by atoms with E-state index in [4.69, 9.17) is 15.2 Å². The smallest absolute Gasteiger partial charge is 0.414 e. The number of nitrogens with zero attached hydrogens (tertiary/aromatic N) is 5. The van der Waals surface area contributed by atoms with Crippen LogP contribution >= 0.6 is 0 Å². The number of benzene rings is 1. The zero-order valence-electron chi connectivity index (χ0n) is 17.3. The van der Waals surface area contributed by atoms with E-state index in [0.717, 1.165) is 12.1 Å². The van der Waals surface area contributed by atoms with Crippen molar-refractivity contribution in [3.8, 4) is 11.1 Å². The van der Waals surface area contributed by atoms with E-state index >= 15 is 0 Å². The molecule has 5 atom stereocenters. The summed E-state index contributed by atoms with van der Waals surface area (Å²) in [6.45, 7) is 1.04. The molecule has 4 heterocycles. The third-order valence-corrected chi connectivity index (χ3v) is 6.55. The second-order valence-corrected chi connectivity index (χ2v) is 8.57. The number of nitrogens with two attached hydrogens (primary N) is 1. The fraction of sp³-hybridized carbons (Fsp3) is 0.364. The van der Waals surface area contributed by atoms with E-state index in [1.54, 1.807) is 18.3 Å². The van der Waals surface area contributed by atoms with Gasteiger partial charge >= 0.3 is 6.09 Å². The Balaban J connectivity index is 1.21. The van der Waals surface area contributed by atoms with Crippen molar-refractivity contribution in [2.75, 3.05) is 18.1 Å². The Morgan fingerprint density at radius 1 is 1.21 bits per heavy atom. The van der Waals surface area contributed by atoms with Crippen LogP contribution in [0.4, 0.5) is 19.3 Å². The van der Waals surface area contributed by atoms with Crippen molar-refractivity contribution < 1.29 is 23.0 Å². The van der Waals surface area contributed by atoms with Crippen molar-refractivity contribution in [1.82, 2.24) is 20.0 Å². The minimum Gasteiger partial charge on any atom is -0.442 e. The maximum Gasteiger partial charge on any atom is 0.414 e. The predicted molar refractivity (Wildman–Crippen MR) is 111 cm³/mol. The SMILES string of the molecule is N[C@@H]1[C@@H]2COC(c3ccc(-c4c(F)cc(N5C[C@H](Cn6ccnn6)OC5=O)cc4F)cn3)[C@H]12. The molecule has 9 nitrogen and oxygen atoms in total. The second-order valence-electron chi connectivity index (χ2n) is 8.57. The highest BCUT2D eigenvalue weighted by molar-refractivity contribution is 5.90. The maximum atomic E-state index is 15.0. The van der Waals surface area contributed by atoms with Gasteiger partial charge in [-0.3, -0.25) is 9.88 Å². The zero-order chi connectivity index (χ0) is 22.7. The number of hydrogen-bond acceptors (Lipinski definition) is 7. The number of rotatable bonds is 5. The van der Waals surface area contributed by atoms with Gasteiger partial charge in [-0.15, -0.1) is 5.10 Å². The molecule has 1 saturated carbocycles. The summed E-state index contributed by atoms with van der Waals surface area (Å²) in [5, 5.41) is 7.54. The molecule has 0 bridgehead atoms. The monoisotopic (exact) mass is 454 g/mol. The molecule has 1 aromatic carbocycles. The number of hydrogen-bond donors (Lipinski definition) is 1. The molecule has 1 unspecified atom stereocenters. The van der Waals surface area contributed by atoms with E-state index in [1.807, 2.05) is 0 Å². The Hall–Kier alpha value is -3.44. The zero-order valence-corrected chi connectivity index (χ0v) is 17.3. The van der Waals surface area contributed by atoms with Gasteiger partial charge in [-0.2, -0.15) is 0 Å².